The van der Waals surface area contributed by atoms with Gasteiger partial charge in [0.15, 0.2) is 0 Å². The Morgan fingerprint density at radius 2 is 2.42 bits per heavy atom. The molecule has 1 heterocycles. The first kappa shape index (κ1) is 14.2. The monoisotopic (exact) mass is 281 g/mol. The molecule has 104 valence electrons. The highest BCUT2D eigenvalue weighted by atomic mass is 32.2. The van der Waals surface area contributed by atoms with Crippen LogP contribution >= 0.6 is 11.8 Å². The Balaban J connectivity index is 1.95. The summed E-state index contributed by atoms with van der Waals surface area (Å²) in [6.45, 7) is 0. The molecule has 0 amide bonds. The van der Waals surface area contributed by atoms with Crippen molar-refractivity contribution < 1.29 is 14.6 Å². The standard InChI is InChI=1S/C14H19NO3S/c15-13(4-5-14(16)17)10-2-1-3-11(8-10)18-12-6-7-19-9-12/h1-3,8,12-13H,4-7,9,15H2,(H,16,17). The lowest BCUT2D eigenvalue weighted by molar-refractivity contribution is -0.137. The molecule has 0 aromatic heterocycles. The first-order valence-electron chi connectivity index (χ1n) is 6.47. The number of hydrogen-bond acceptors (Lipinski definition) is 4. The predicted molar refractivity (Wildman–Crippen MR) is 76.6 cm³/mol. The van der Waals surface area contributed by atoms with Crippen LogP contribution in [0.1, 0.15) is 30.9 Å². The average Bonchev–Trinajstić information content (AvgIpc) is 2.89. The average molecular weight is 281 g/mol. The summed E-state index contributed by atoms with van der Waals surface area (Å²) in [6.07, 6.45) is 1.90. The molecule has 1 aromatic rings. The molecule has 2 unspecified atom stereocenters. The van der Waals surface area contributed by atoms with E-state index >= 15 is 0 Å². The predicted octanol–water partition coefficient (Wildman–Crippen LogP) is 2.44. The SMILES string of the molecule is NC(CCC(=O)O)c1cccc(OC2CCSC2)c1. The number of carbonyl (C=O) groups is 1. The van der Waals surface area contributed by atoms with Crippen LogP contribution in [-0.4, -0.2) is 28.7 Å². The van der Waals surface area contributed by atoms with E-state index in [1.165, 1.54) is 0 Å². The third kappa shape index (κ3) is 4.44. The molecule has 4 nitrogen and oxygen atoms in total. The fourth-order valence-corrected chi connectivity index (χ4v) is 3.16. The Morgan fingerprint density at radius 1 is 1.58 bits per heavy atom. The number of hydrogen-bond donors (Lipinski definition) is 2. The van der Waals surface area contributed by atoms with Gasteiger partial charge in [-0.05, 0) is 36.3 Å². The van der Waals surface area contributed by atoms with Gasteiger partial charge in [-0.15, -0.1) is 0 Å². The second-order valence-corrected chi connectivity index (χ2v) is 5.86. The van der Waals surface area contributed by atoms with Crippen molar-refractivity contribution in [1.82, 2.24) is 0 Å². The Morgan fingerprint density at radius 3 is 3.11 bits per heavy atom. The number of aliphatic carboxylic acids is 1. The molecular formula is C14H19NO3S. The van der Waals surface area contributed by atoms with Crippen molar-refractivity contribution in [2.24, 2.45) is 5.73 Å². The van der Waals surface area contributed by atoms with Crippen LogP contribution < -0.4 is 10.5 Å². The molecule has 0 aliphatic carbocycles. The quantitative estimate of drug-likeness (QED) is 0.838. The van der Waals surface area contributed by atoms with Gasteiger partial charge in [-0.3, -0.25) is 4.79 Å². The molecule has 2 atom stereocenters. The molecule has 5 heteroatoms. The molecule has 0 saturated carbocycles. The zero-order chi connectivity index (χ0) is 13.7. The third-order valence-electron chi connectivity index (χ3n) is 3.15. The van der Waals surface area contributed by atoms with Crippen molar-refractivity contribution in [2.45, 2.75) is 31.4 Å². The van der Waals surface area contributed by atoms with Gasteiger partial charge in [0, 0.05) is 18.2 Å². The largest absolute Gasteiger partial charge is 0.490 e. The number of ether oxygens (including phenoxy) is 1. The summed E-state index contributed by atoms with van der Waals surface area (Å²) in [5.41, 5.74) is 6.93. The van der Waals surface area contributed by atoms with Crippen LogP contribution in [0.4, 0.5) is 0 Å². The van der Waals surface area contributed by atoms with Crippen LogP contribution in [0.3, 0.4) is 0 Å². The minimum absolute atomic E-state index is 0.0888. The van der Waals surface area contributed by atoms with Crippen LogP contribution in [0.5, 0.6) is 5.75 Å². The maximum atomic E-state index is 10.5. The highest BCUT2D eigenvalue weighted by Gasteiger charge is 2.17. The van der Waals surface area contributed by atoms with E-state index in [9.17, 15) is 4.79 Å². The van der Waals surface area contributed by atoms with E-state index in [4.69, 9.17) is 15.6 Å². The van der Waals surface area contributed by atoms with E-state index in [2.05, 4.69) is 0 Å². The first-order valence-corrected chi connectivity index (χ1v) is 7.62. The van der Waals surface area contributed by atoms with Gasteiger partial charge in [0.1, 0.15) is 11.9 Å². The van der Waals surface area contributed by atoms with Gasteiger partial charge in [0.05, 0.1) is 0 Å². The molecule has 3 N–H and O–H groups in total. The lowest BCUT2D eigenvalue weighted by Gasteiger charge is -2.15. The van der Waals surface area contributed by atoms with Crippen LogP contribution in [0.2, 0.25) is 0 Å². The summed E-state index contributed by atoms with van der Waals surface area (Å²) < 4.78 is 5.90. The Kier molecular flexibility index (Phi) is 5.10. The Bertz CT molecular complexity index is 432. The van der Waals surface area contributed by atoms with Crippen molar-refractivity contribution in [3.63, 3.8) is 0 Å². The molecule has 1 fully saturated rings. The van der Waals surface area contributed by atoms with Gasteiger partial charge >= 0.3 is 5.97 Å². The van der Waals surface area contributed by atoms with Gasteiger partial charge in [-0.2, -0.15) is 11.8 Å². The van der Waals surface area contributed by atoms with Crippen molar-refractivity contribution in [3.05, 3.63) is 29.8 Å². The smallest absolute Gasteiger partial charge is 0.303 e. The van der Waals surface area contributed by atoms with E-state index in [-0.39, 0.29) is 18.6 Å². The molecule has 1 aromatic carbocycles. The summed E-state index contributed by atoms with van der Waals surface area (Å²) in [7, 11) is 0. The van der Waals surface area contributed by atoms with E-state index in [1.807, 2.05) is 36.0 Å². The summed E-state index contributed by atoms with van der Waals surface area (Å²) >= 11 is 1.91. The molecule has 0 spiro atoms. The highest BCUT2D eigenvalue weighted by molar-refractivity contribution is 7.99. The molecule has 0 radical (unpaired) electrons. The van der Waals surface area contributed by atoms with Crippen LogP contribution in [0, 0.1) is 0 Å². The normalized spacial score (nSPS) is 20.2. The van der Waals surface area contributed by atoms with Crippen LogP contribution in [0.25, 0.3) is 0 Å². The van der Waals surface area contributed by atoms with Gasteiger partial charge in [0.25, 0.3) is 0 Å². The summed E-state index contributed by atoms with van der Waals surface area (Å²) in [5.74, 6) is 2.21. The minimum Gasteiger partial charge on any atom is -0.490 e. The summed E-state index contributed by atoms with van der Waals surface area (Å²) in [6, 6.07) is 7.43. The number of nitrogens with two attached hydrogens (primary N) is 1. The second-order valence-electron chi connectivity index (χ2n) is 4.71. The minimum atomic E-state index is -0.814. The van der Waals surface area contributed by atoms with E-state index in [0.717, 1.165) is 29.2 Å². The second kappa shape index (κ2) is 6.82. The fraction of sp³-hybridized carbons (Fsp3) is 0.500. The Hall–Kier alpha value is -1.20. The van der Waals surface area contributed by atoms with Gasteiger partial charge in [-0.1, -0.05) is 12.1 Å². The van der Waals surface area contributed by atoms with Gasteiger partial charge in [-0.25, -0.2) is 0 Å². The van der Waals surface area contributed by atoms with Crippen molar-refractivity contribution in [3.8, 4) is 5.75 Å². The van der Waals surface area contributed by atoms with E-state index in [1.54, 1.807) is 0 Å². The zero-order valence-corrected chi connectivity index (χ0v) is 11.6. The first-order chi connectivity index (χ1) is 9.15. The summed E-state index contributed by atoms with van der Waals surface area (Å²) in [4.78, 5) is 10.5. The number of carboxylic acids is 1. The molecule has 2 rings (SSSR count). The van der Waals surface area contributed by atoms with Crippen LogP contribution in [0.15, 0.2) is 24.3 Å². The molecule has 1 saturated heterocycles. The lowest BCUT2D eigenvalue weighted by atomic mass is 10.0. The number of benzene rings is 1. The van der Waals surface area contributed by atoms with Crippen molar-refractivity contribution >= 4 is 17.7 Å². The molecule has 19 heavy (non-hydrogen) atoms. The maximum Gasteiger partial charge on any atom is 0.303 e. The third-order valence-corrected chi connectivity index (χ3v) is 4.28. The topological polar surface area (TPSA) is 72.6 Å². The molecule has 0 bridgehead atoms. The zero-order valence-electron chi connectivity index (χ0n) is 10.7. The highest BCUT2D eigenvalue weighted by Crippen LogP contribution is 2.25. The number of carboxylic acid groups (broad SMARTS) is 1. The lowest BCUT2D eigenvalue weighted by Crippen LogP contribution is -2.16. The molecular weight excluding hydrogens is 262 g/mol. The van der Waals surface area contributed by atoms with Crippen molar-refractivity contribution in [1.29, 1.82) is 0 Å². The number of rotatable bonds is 6. The van der Waals surface area contributed by atoms with Crippen LogP contribution in [-0.2, 0) is 4.79 Å². The van der Waals surface area contributed by atoms with E-state index < -0.39 is 5.97 Å². The van der Waals surface area contributed by atoms with Gasteiger partial charge < -0.3 is 15.6 Å². The number of thioether (sulfide) groups is 1. The van der Waals surface area contributed by atoms with Gasteiger partial charge in [0.2, 0.25) is 0 Å². The Labute approximate surface area is 117 Å². The fourth-order valence-electron chi connectivity index (χ4n) is 2.06. The maximum absolute atomic E-state index is 10.5. The molecule has 1 aliphatic heterocycles. The molecule has 1 aliphatic rings. The van der Waals surface area contributed by atoms with Crippen molar-refractivity contribution in [2.75, 3.05) is 11.5 Å². The van der Waals surface area contributed by atoms with E-state index in [0.29, 0.717) is 6.42 Å². The summed E-state index contributed by atoms with van der Waals surface area (Å²) in [5, 5.41) is 8.67.